The van der Waals surface area contributed by atoms with Gasteiger partial charge in [0.1, 0.15) is 12.0 Å². The zero-order valence-corrected chi connectivity index (χ0v) is 19.6. The molecule has 0 radical (unpaired) electrons. The number of anilines is 1. The smallest absolute Gasteiger partial charge is 0.411 e. The van der Waals surface area contributed by atoms with Crippen LogP contribution >= 0.6 is 0 Å². The molecule has 1 saturated heterocycles. The normalized spacial score (nSPS) is 15.5. The standard InChI is InChI=1S/C28H26N2O5/c1-17-13-18(25(31)30-15-28(2,16-30)26(32)33)11-12-24(17)29-27(34)35-14-23-21-9-5-3-7-19(21)20-8-4-6-10-22(20)23/h3-13,23H,14-16H2,1-2H3,(H,29,34)(H,32,33). The van der Waals surface area contributed by atoms with Gasteiger partial charge in [-0.1, -0.05) is 48.5 Å². The fourth-order valence-electron chi connectivity index (χ4n) is 4.94. The number of nitrogens with zero attached hydrogens (tertiary/aromatic N) is 1. The quantitative estimate of drug-likeness (QED) is 0.553. The predicted molar refractivity (Wildman–Crippen MR) is 132 cm³/mol. The largest absolute Gasteiger partial charge is 0.481 e. The molecule has 7 nitrogen and oxygen atoms in total. The Hall–Kier alpha value is -4.13. The lowest BCUT2D eigenvalue weighted by molar-refractivity contribution is -0.155. The lowest BCUT2D eigenvalue weighted by Gasteiger charge is -2.44. The molecule has 1 aliphatic carbocycles. The van der Waals surface area contributed by atoms with Gasteiger partial charge in [-0.25, -0.2) is 4.79 Å². The molecule has 0 aromatic heterocycles. The van der Waals surface area contributed by atoms with Crippen LogP contribution in [0, 0.1) is 12.3 Å². The third-order valence-corrected chi connectivity index (χ3v) is 6.94. The summed E-state index contributed by atoms with van der Waals surface area (Å²) in [7, 11) is 0. The van der Waals surface area contributed by atoms with Crippen molar-refractivity contribution in [3.05, 3.63) is 89.0 Å². The van der Waals surface area contributed by atoms with Crippen molar-refractivity contribution < 1.29 is 24.2 Å². The Morgan fingerprint density at radius 3 is 2.17 bits per heavy atom. The minimum atomic E-state index is -0.902. The molecule has 0 unspecified atom stereocenters. The molecule has 3 aromatic carbocycles. The van der Waals surface area contributed by atoms with Crippen molar-refractivity contribution in [2.75, 3.05) is 25.0 Å². The van der Waals surface area contributed by atoms with Crippen molar-refractivity contribution in [1.29, 1.82) is 0 Å². The summed E-state index contributed by atoms with van der Waals surface area (Å²) < 4.78 is 5.61. The third kappa shape index (κ3) is 4.03. The van der Waals surface area contributed by atoms with Gasteiger partial charge in [0.15, 0.2) is 0 Å². The molecule has 1 heterocycles. The number of hydrogen-bond acceptors (Lipinski definition) is 4. The Kier molecular flexibility index (Phi) is 5.55. The first-order valence-electron chi connectivity index (χ1n) is 11.5. The second-order valence-electron chi connectivity index (χ2n) is 9.51. The van der Waals surface area contributed by atoms with Crippen LogP contribution in [-0.4, -0.2) is 47.7 Å². The summed E-state index contributed by atoms with van der Waals surface area (Å²) in [6.07, 6.45) is -0.561. The number of carbonyl (C=O) groups excluding carboxylic acids is 2. The summed E-state index contributed by atoms with van der Waals surface area (Å²) in [5.41, 5.74) is 5.45. The van der Waals surface area contributed by atoms with Crippen LogP contribution < -0.4 is 5.32 Å². The molecule has 2 aliphatic rings. The van der Waals surface area contributed by atoms with Crippen LogP contribution in [0.25, 0.3) is 11.1 Å². The van der Waals surface area contributed by atoms with Crippen molar-refractivity contribution in [2.24, 2.45) is 5.41 Å². The summed E-state index contributed by atoms with van der Waals surface area (Å²) in [4.78, 5) is 38.1. The number of hydrogen-bond donors (Lipinski definition) is 2. The van der Waals surface area contributed by atoms with Gasteiger partial charge in [-0.15, -0.1) is 0 Å². The molecule has 7 heteroatoms. The van der Waals surface area contributed by atoms with Gasteiger partial charge in [-0.2, -0.15) is 0 Å². The summed E-state index contributed by atoms with van der Waals surface area (Å²) in [6.45, 7) is 4.01. The van der Waals surface area contributed by atoms with E-state index in [0.29, 0.717) is 16.8 Å². The molecule has 5 rings (SSSR count). The first-order chi connectivity index (χ1) is 16.8. The maximum absolute atomic E-state index is 12.7. The van der Waals surface area contributed by atoms with E-state index in [4.69, 9.17) is 4.74 Å². The van der Waals surface area contributed by atoms with E-state index in [1.54, 1.807) is 32.0 Å². The highest BCUT2D eigenvalue weighted by molar-refractivity contribution is 5.97. The number of fused-ring (bicyclic) bond motifs is 3. The number of carboxylic acid groups (broad SMARTS) is 1. The van der Waals surface area contributed by atoms with Gasteiger partial charge in [0.05, 0.1) is 0 Å². The van der Waals surface area contributed by atoms with Crippen LogP contribution in [-0.2, 0) is 9.53 Å². The number of nitrogens with one attached hydrogen (secondary N) is 1. The molecule has 178 valence electrons. The van der Waals surface area contributed by atoms with E-state index in [9.17, 15) is 19.5 Å². The molecule has 0 bridgehead atoms. The molecule has 1 fully saturated rings. The second kappa shape index (κ2) is 8.58. The van der Waals surface area contributed by atoms with Gasteiger partial charge in [0.25, 0.3) is 5.91 Å². The molecular weight excluding hydrogens is 444 g/mol. The third-order valence-electron chi connectivity index (χ3n) is 6.94. The minimum Gasteiger partial charge on any atom is -0.481 e. The van der Waals surface area contributed by atoms with Gasteiger partial charge < -0.3 is 14.7 Å². The average molecular weight is 471 g/mol. The number of carboxylic acids is 1. The zero-order valence-electron chi connectivity index (χ0n) is 19.6. The van der Waals surface area contributed by atoms with Crippen LogP contribution in [0.2, 0.25) is 0 Å². The SMILES string of the molecule is Cc1cc(C(=O)N2CC(C)(C(=O)O)C2)ccc1NC(=O)OCC1c2ccccc2-c2ccccc21. The summed E-state index contributed by atoms with van der Waals surface area (Å²) in [5, 5.41) is 12.0. The number of rotatable bonds is 5. The number of likely N-dealkylation sites (tertiary alicyclic amines) is 1. The lowest BCUT2D eigenvalue weighted by atomic mass is 9.81. The Balaban J connectivity index is 1.22. The topological polar surface area (TPSA) is 95.9 Å². The molecule has 0 spiro atoms. The van der Waals surface area contributed by atoms with E-state index in [0.717, 1.165) is 11.1 Å². The fourth-order valence-corrected chi connectivity index (χ4v) is 4.94. The minimum absolute atomic E-state index is 0.0257. The molecule has 3 aromatic rings. The molecule has 0 atom stereocenters. The summed E-state index contributed by atoms with van der Waals surface area (Å²) in [5.74, 6) is -1.15. The first kappa shape index (κ1) is 22.7. The van der Waals surface area contributed by atoms with E-state index in [1.165, 1.54) is 16.0 Å². The molecule has 2 N–H and O–H groups in total. The van der Waals surface area contributed by atoms with Crippen molar-refractivity contribution in [3.63, 3.8) is 0 Å². The van der Waals surface area contributed by atoms with Gasteiger partial charge in [0, 0.05) is 30.3 Å². The number of carbonyl (C=O) groups is 3. The van der Waals surface area contributed by atoms with Crippen LogP contribution in [0.1, 0.15) is 39.9 Å². The van der Waals surface area contributed by atoms with Gasteiger partial charge in [0.2, 0.25) is 0 Å². The molecule has 2 amide bonds. The second-order valence-corrected chi connectivity index (χ2v) is 9.51. The van der Waals surface area contributed by atoms with Gasteiger partial charge in [-0.05, 0) is 59.9 Å². The highest BCUT2D eigenvalue weighted by Gasteiger charge is 2.47. The molecular formula is C28H26N2O5. The average Bonchev–Trinajstić information content (AvgIpc) is 3.15. The monoisotopic (exact) mass is 470 g/mol. The number of ether oxygens (including phenoxy) is 1. The number of aliphatic carboxylic acids is 1. The highest BCUT2D eigenvalue weighted by atomic mass is 16.5. The number of aryl methyl sites for hydroxylation is 1. The Bertz CT molecular complexity index is 1300. The number of amides is 2. The van der Waals surface area contributed by atoms with Crippen LogP contribution in [0.3, 0.4) is 0 Å². The van der Waals surface area contributed by atoms with Crippen molar-refractivity contribution >= 4 is 23.7 Å². The fraction of sp³-hybridized carbons (Fsp3) is 0.250. The van der Waals surface area contributed by atoms with E-state index in [2.05, 4.69) is 29.6 Å². The maximum Gasteiger partial charge on any atom is 0.411 e. The zero-order chi connectivity index (χ0) is 24.7. The number of benzene rings is 3. The van der Waals surface area contributed by atoms with Crippen molar-refractivity contribution in [3.8, 4) is 11.1 Å². The van der Waals surface area contributed by atoms with Crippen molar-refractivity contribution in [2.45, 2.75) is 19.8 Å². The van der Waals surface area contributed by atoms with Crippen LogP contribution in [0.4, 0.5) is 10.5 Å². The van der Waals surface area contributed by atoms with Crippen LogP contribution in [0.5, 0.6) is 0 Å². The van der Waals surface area contributed by atoms with Gasteiger partial charge >= 0.3 is 12.1 Å². The molecule has 1 aliphatic heterocycles. The van der Waals surface area contributed by atoms with E-state index < -0.39 is 17.5 Å². The summed E-state index contributed by atoms with van der Waals surface area (Å²) >= 11 is 0. The maximum atomic E-state index is 12.7. The van der Waals surface area contributed by atoms with Crippen LogP contribution in [0.15, 0.2) is 66.7 Å². The van der Waals surface area contributed by atoms with Gasteiger partial charge in [-0.3, -0.25) is 14.9 Å². The highest BCUT2D eigenvalue weighted by Crippen LogP contribution is 2.44. The Morgan fingerprint density at radius 1 is 1.00 bits per heavy atom. The Labute approximate surface area is 203 Å². The van der Waals surface area contributed by atoms with E-state index in [1.807, 2.05) is 24.3 Å². The first-order valence-corrected chi connectivity index (χ1v) is 11.5. The molecule has 35 heavy (non-hydrogen) atoms. The molecule has 0 saturated carbocycles. The van der Waals surface area contributed by atoms with E-state index in [-0.39, 0.29) is 31.5 Å². The summed E-state index contributed by atoms with van der Waals surface area (Å²) in [6, 6.07) is 21.3. The van der Waals surface area contributed by atoms with Crippen molar-refractivity contribution in [1.82, 2.24) is 4.90 Å². The van der Waals surface area contributed by atoms with E-state index >= 15 is 0 Å². The lowest BCUT2D eigenvalue weighted by Crippen LogP contribution is -2.60. The Morgan fingerprint density at radius 2 is 1.60 bits per heavy atom. The predicted octanol–water partition coefficient (Wildman–Crippen LogP) is 4.90.